The van der Waals surface area contributed by atoms with Crippen molar-refractivity contribution in [1.82, 2.24) is 29.7 Å². The van der Waals surface area contributed by atoms with Gasteiger partial charge in [0.05, 0.1) is 24.6 Å². The number of benzene rings is 1. The van der Waals surface area contributed by atoms with Crippen LogP contribution in [0.1, 0.15) is 34.7 Å². The molecule has 1 amide bonds. The second kappa shape index (κ2) is 10.2. The molecular formula is C28H30N6O2. The molecule has 2 fully saturated rings. The van der Waals surface area contributed by atoms with E-state index >= 15 is 0 Å². The summed E-state index contributed by atoms with van der Waals surface area (Å²) >= 11 is 0. The normalized spacial score (nSPS) is 17.5. The van der Waals surface area contributed by atoms with Crippen LogP contribution in [0.25, 0.3) is 22.3 Å². The first kappa shape index (κ1) is 22.8. The van der Waals surface area contributed by atoms with Gasteiger partial charge in [0.2, 0.25) is 0 Å². The van der Waals surface area contributed by atoms with Gasteiger partial charge in [-0.25, -0.2) is 9.97 Å². The highest BCUT2D eigenvalue weighted by molar-refractivity contribution is 5.98. The van der Waals surface area contributed by atoms with E-state index < -0.39 is 0 Å². The molecular weight excluding hydrogens is 452 g/mol. The Bertz CT molecular complexity index is 1340. The lowest BCUT2D eigenvalue weighted by Gasteiger charge is -2.40. The lowest BCUT2D eigenvalue weighted by molar-refractivity contribution is 0.00154. The summed E-state index contributed by atoms with van der Waals surface area (Å²) in [5.41, 5.74) is 4.37. The average Bonchev–Trinajstić information content (AvgIpc) is 3.37. The van der Waals surface area contributed by atoms with Crippen molar-refractivity contribution >= 4 is 16.8 Å². The van der Waals surface area contributed by atoms with Gasteiger partial charge in [0, 0.05) is 61.9 Å². The number of hydrogen-bond donors (Lipinski definition) is 1. The summed E-state index contributed by atoms with van der Waals surface area (Å²) < 4.78 is 5.48. The fourth-order valence-corrected chi connectivity index (χ4v) is 5.28. The summed E-state index contributed by atoms with van der Waals surface area (Å²) in [7, 11) is 0. The minimum Gasteiger partial charge on any atom is -0.379 e. The number of fused-ring (bicyclic) bond motifs is 1. The molecule has 1 N–H and O–H groups in total. The first-order valence-corrected chi connectivity index (χ1v) is 12.7. The van der Waals surface area contributed by atoms with Crippen molar-refractivity contribution in [1.29, 1.82) is 0 Å². The molecule has 1 aromatic carbocycles. The summed E-state index contributed by atoms with van der Waals surface area (Å²) in [6.45, 7) is 5.23. The monoisotopic (exact) mass is 482 g/mol. The van der Waals surface area contributed by atoms with Gasteiger partial charge in [-0.15, -0.1) is 0 Å². The molecule has 2 saturated heterocycles. The second-order valence-electron chi connectivity index (χ2n) is 9.53. The highest BCUT2D eigenvalue weighted by Gasteiger charge is 2.28. The van der Waals surface area contributed by atoms with Crippen LogP contribution in [-0.2, 0) is 11.2 Å². The number of carbonyl (C=O) groups excluding carboxylic acids is 1. The molecule has 2 aliphatic heterocycles. The van der Waals surface area contributed by atoms with E-state index in [1.807, 2.05) is 41.3 Å². The van der Waals surface area contributed by atoms with Crippen LogP contribution in [0, 0.1) is 0 Å². The van der Waals surface area contributed by atoms with Crippen LogP contribution in [0.4, 0.5) is 0 Å². The van der Waals surface area contributed by atoms with Gasteiger partial charge < -0.3 is 14.6 Å². The van der Waals surface area contributed by atoms with Gasteiger partial charge in [-0.3, -0.25) is 14.7 Å². The Hall–Kier alpha value is -3.62. The van der Waals surface area contributed by atoms with Crippen LogP contribution in [0.15, 0.2) is 60.9 Å². The van der Waals surface area contributed by atoms with E-state index in [0.717, 1.165) is 85.9 Å². The largest absolute Gasteiger partial charge is 0.379 e. The third-order valence-corrected chi connectivity index (χ3v) is 7.22. The first-order valence-electron chi connectivity index (χ1n) is 12.7. The van der Waals surface area contributed by atoms with Crippen LogP contribution in [0.3, 0.4) is 0 Å². The van der Waals surface area contributed by atoms with Gasteiger partial charge in [0.1, 0.15) is 11.5 Å². The van der Waals surface area contributed by atoms with Crippen molar-refractivity contribution < 1.29 is 9.53 Å². The van der Waals surface area contributed by atoms with E-state index in [1.165, 1.54) is 0 Å². The standard InChI is InChI=1S/C28H30N6O2/c35-28(34-11-7-22(8-12-34)33-13-15-36-16-14-33)26-19-21-17-20(4-5-23(21)31-26)18-27-30-10-6-25(32-27)24-3-1-2-9-29-24/h1-6,9-10,17,19,22,31H,7-8,11-16,18H2. The molecule has 0 unspecified atom stereocenters. The second-order valence-corrected chi connectivity index (χ2v) is 9.53. The summed E-state index contributed by atoms with van der Waals surface area (Å²) in [4.78, 5) is 34.6. The summed E-state index contributed by atoms with van der Waals surface area (Å²) in [6.07, 6.45) is 6.20. The predicted molar refractivity (Wildman–Crippen MR) is 138 cm³/mol. The molecule has 4 aromatic rings. The lowest BCUT2D eigenvalue weighted by Crippen LogP contribution is -2.50. The van der Waals surface area contributed by atoms with Crippen molar-refractivity contribution in [3.8, 4) is 11.4 Å². The number of rotatable bonds is 5. The zero-order chi connectivity index (χ0) is 24.3. The highest BCUT2D eigenvalue weighted by Crippen LogP contribution is 2.23. The number of aromatic amines is 1. The predicted octanol–water partition coefficient (Wildman–Crippen LogP) is 3.55. The molecule has 2 aliphatic rings. The number of pyridine rings is 1. The zero-order valence-electron chi connectivity index (χ0n) is 20.3. The van der Waals surface area contributed by atoms with Gasteiger partial charge >= 0.3 is 0 Å². The molecule has 0 saturated carbocycles. The molecule has 0 atom stereocenters. The minimum absolute atomic E-state index is 0.0829. The minimum atomic E-state index is 0.0829. The van der Waals surface area contributed by atoms with E-state index in [0.29, 0.717) is 18.2 Å². The van der Waals surface area contributed by atoms with E-state index in [1.54, 1.807) is 12.4 Å². The third kappa shape index (κ3) is 4.87. The van der Waals surface area contributed by atoms with Crippen LogP contribution >= 0.6 is 0 Å². The highest BCUT2D eigenvalue weighted by atomic mass is 16.5. The van der Waals surface area contributed by atoms with Crippen molar-refractivity contribution in [3.63, 3.8) is 0 Å². The first-order chi connectivity index (χ1) is 17.7. The molecule has 0 aliphatic carbocycles. The number of H-pyrrole nitrogens is 1. The third-order valence-electron chi connectivity index (χ3n) is 7.22. The smallest absolute Gasteiger partial charge is 0.270 e. The number of morpholine rings is 1. The van der Waals surface area contributed by atoms with Gasteiger partial charge in [-0.05, 0) is 54.8 Å². The number of piperidine rings is 1. The molecule has 8 heteroatoms. The van der Waals surface area contributed by atoms with Crippen molar-refractivity contribution in [3.05, 3.63) is 78.0 Å². The molecule has 3 aromatic heterocycles. The number of likely N-dealkylation sites (tertiary alicyclic amines) is 1. The maximum Gasteiger partial charge on any atom is 0.270 e. The Kier molecular flexibility index (Phi) is 6.44. The topological polar surface area (TPSA) is 87.2 Å². The van der Waals surface area contributed by atoms with Crippen LogP contribution in [-0.4, -0.2) is 81.1 Å². The fraction of sp³-hybridized carbons (Fsp3) is 0.357. The van der Waals surface area contributed by atoms with Crippen LogP contribution < -0.4 is 0 Å². The van der Waals surface area contributed by atoms with Gasteiger partial charge in [-0.2, -0.15) is 0 Å². The molecule has 5 heterocycles. The number of carbonyl (C=O) groups is 1. The quantitative estimate of drug-likeness (QED) is 0.468. The molecule has 6 rings (SSSR count). The summed E-state index contributed by atoms with van der Waals surface area (Å²) in [5.74, 6) is 0.826. The Morgan fingerprint density at radius 3 is 2.61 bits per heavy atom. The fourth-order valence-electron chi connectivity index (χ4n) is 5.28. The molecule has 0 bridgehead atoms. The van der Waals surface area contributed by atoms with Gasteiger partial charge in [0.15, 0.2) is 0 Å². The van der Waals surface area contributed by atoms with Crippen molar-refractivity contribution in [2.45, 2.75) is 25.3 Å². The zero-order valence-corrected chi connectivity index (χ0v) is 20.3. The van der Waals surface area contributed by atoms with E-state index in [-0.39, 0.29) is 5.91 Å². The van der Waals surface area contributed by atoms with E-state index in [9.17, 15) is 4.79 Å². The Morgan fingerprint density at radius 1 is 0.944 bits per heavy atom. The van der Waals surface area contributed by atoms with Crippen LogP contribution in [0.2, 0.25) is 0 Å². The Labute approximate surface area is 210 Å². The molecule has 0 radical (unpaired) electrons. The van der Waals surface area contributed by atoms with Crippen molar-refractivity contribution in [2.24, 2.45) is 0 Å². The number of nitrogens with zero attached hydrogens (tertiary/aromatic N) is 5. The summed E-state index contributed by atoms with van der Waals surface area (Å²) in [5, 5.41) is 1.03. The average molecular weight is 483 g/mol. The number of amides is 1. The number of ether oxygens (including phenoxy) is 1. The van der Waals surface area contributed by atoms with Crippen molar-refractivity contribution in [2.75, 3.05) is 39.4 Å². The number of aromatic nitrogens is 4. The summed E-state index contributed by atoms with van der Waals surface area (Å²) in [6, 6.07) is 16.4. The molecule has 184 valence electrons. The van der Waals surface area contributed by atoms with Gasteiger partial charge in [-0.1, -0.05) is 12.1 Å². The maximum absolute atomic E-state index is 13.2. The van der Waals surface area contributed by atoms with Gasteiger partial charge in [0.25, 0.3) is 5.91 Å². The Balaban J connectivity index is 1.13. The SMILES string of the molecule is O=C(c1cc2cc(Cc3nccc(-c4ccccn4)n3)ccc2[nH]1)N1CCC(N2CCOCC2)CC1. The van der Waals surface area contributed by atoms with Crippen LogP contribution in [0.5, 0.6) is 0 Å². The van der Waals surface area contributed by atoms with E-state index in [4.69, 9.17) is 9.72 Å². The van der Waals surface area contributed by atoms with E-state index in [2.05, 4.69) is 32.0 Å². The molecule has 0 spiro atoms. The molecule has 36 heavy (non-hydrogen) atoms. The number of hydrogen-bond acceptors (Lipinski definition) is 6. The lowest BCUT2D eigenvalue weighted by atomic mass is 10.0. The Morgan fingerprint density at radius 2 is 1.81 bits per heavy atom. The molecule has 8 nitrogen and oxygen atoms in total. The maximum atomic E-state index is 13.2. The number of nitrogens with one attached hydrogen (secondary N) is 1.